The summed E-state index contributed by atoms with van der Waals surface area (Å²) in [7, 11) is 15.0. The molecule has 466 valence electrons. The number of benzene rings is 5. The van der Waals surface area contributed by atoms with Crippen molar-refractivity contribution in [3.63, 3.8) is 0 Å². The minimum absolute atomic E-state index is 0.00744. The number of hydrogen-bond donors (Lipinski definition) is 5. The molecule has 11 rings (SSSR count). The van der Waals surface area contributed by atoms with Crippen molar-refractivity contribution in [1.29, 1.82) is 0 Å². The van der Waals surface area contributed by atoms with E-state index in [9.17, 15) is 14.4 Å². The quantitative estimate of drug-likeness (QED) is 0.0444. The molecule has 0 amide bonds. The van der Waals surface area contributed by atoms with E-state index in [4.69, 9.17) is 25.7 Å². The number of aldehydes is 1. The number of aromatic amines is 5. The summed E-state index contributed by atoms with van der Waals surface area (Å²) < 4.78 is 0. The van der Waals surface area contributed by atoms with Crippen LogP contribution in [-0.4, -0.2) is 65.0 Å². The van der Waals surface area contributed by atoms with Crippen LogP contribution in [0.2, 0.25) is 0 Å². The molecule has 0 saturated heterocycles. The summed E-state index contributed by atoms with van der Waals surface area (Å²) in [5.41, 5.74) is 16.6. The van der Waals surface area contributed by atoms with E-state index >= 15 is 0 Å². The van der Waals surface area contributed by atoms with Gasteiger partial charge in [-0.3, -0.25) is 14.4 Å². The summed E-state index contributed by atoms with van der Waals surface area (Å²) in [6.45, 7) is 24.1. The van der Waals surface area contributed by atoms with Gasteiger partial charge in [-0.15, -0.1) is 0 Å². The van der Waals surface area contributed by atoms with Gasteiger partial charge in [0.1, 0.15) is 11.3 Å². The summed E-state index contributed by atoms with van der Waals surface area (Å²) >= 11 is -1.06. The summed E-state index contributed by atoms with van der Waals surface area (Å²) in [6.07, 6.45) is 14.2. The number of H-pyrrole nitrogens is 5. The minimum atomic E-state index is -2.22. The van der Waals surface area contributed by atoms with Gasteiger partial charge in [0.15, 0.2) is 0 Å². The molecule has 5 aromatic carbocycles. The van der Waals surface area contributed by atoms with Crippen LogP contribution in [0, 0.1) is 0 Å². The van der Waals surface area contributed by atoms with E-state index in [1.165, 1.54) is 50.3 Å². The van der Waals surface area contributed by atoms with Crippen LogP contribution < -0.4 is 0 Å². The second-order valence-corrected chi connectivity index (χ2v) is 40.1. The Hall–Kier alpha value is -7.25. The third kappa shape index (κ3) is 22.9. The third-order valence-corrected chi connectivity index (χ3v) is 15.6. The molecule has 0 saturated carbocycles. The van der Waals surface area contributed by atoms with Crippen LogP contribution in [-0.2, 0) is 29.1 Å². The van der Waals surface area contributed by atoms with Gasteiger partial charge in [0.25, 0.3) is 0 Å². The van der Waals surface area contributed by atoms with Crippen LogP contribution in [0.5, 0.6) is 0 Å². The molecule has 90 heavy (non-hydrogen) atoms. The number of carbonyl (C=O) groups excluding carboxylic acids is 3. The van der Waals surface area contributed by atoms with Gasteiger partial charge in [-0.25, -0.2) is 4.98 Å². The van der Waals surface area contributed by atoms with E-state index in [2.05, 4.69) is 185 Å². The fraction of sp³-hybridized carbons (Fsp3) is 0.237. The summed E-state index contributed by atoms with van der Waals surface area (Å²) in [5, 5.41) is 0.767. The van der Waals surface area contributed by atoms with Crippen molar-refractivity contribution in [1.82, 2.24) is 29.9 Å². The van der Waals surface area contributed by atoms with E-state index in [0.29, 0.717) is 11.3 Å². The Labute approximate surface area is 555 Å². The average molecular weight is 1380 g/mol. The standard InChI is InChI=1S/C28H30N2O.C19H22N2.C14H13NOS.C11H14O.C4H5N.3ClH.In/c1-5-19-8-10-21(11-9-19)27(31)25-17-16-24(30-25)26(23-7-6-18-29-23)20-12-14-22(15-13-20)28(2,3)4;1-19(2,3)15-10-8-14(9-11-15)18(16-6-4-12-20-16)17-7-5-13-21-17;1-2-11-6-8-12(9-7-11)14(16)17-13-5-3-4-10-15-13;1-11(2,3)10-6-4-9(8-12)5-7-10;1-2-4-5-3-1;;;;/h6-18,26,29-30H,5H2,1-4H3;4-13,18,20-21H,1-3H3;3-10H,2H2,1H3;4-8H,1-3H3;1-5H;3*1H;/q;;;;;;;;+3/p-3. The molecule has 11 aromatic rings. The number of rotatable bonds is 13. The molecule has 0 radical (unpaired) electrons. The van der Waals surface area contributed by atoms with Gasteiger partial charge in [-0.05, 0) is 153 Å². The number of aromatic nitrogens is 6. The van der Waals surface area contributed by atoms with E-state index in [0.717, 1.165) is 58.4 Å². The Morgan fingerprint density at radius 3 is 1.23 bits per heavy atom. The zero-order valence-corrected chi connectivity index (χ0v) is 59.8. The number of aryl methyl sites for hydroxylation is 2. The fourth-order valence-electron chi connectivity index (χ4n) is 9.51. The smallest absolute Gasteiger partial charge is 0.000496 e. The molecule has 0 aliphatic rings. The molecule has 9 nitrogen and oxygen atoms in total. The topological polar surface area (TPSA) is 143 Å². The molecular weight excluding hydrogens is 1300 g/mol. The van der Waals surface area contributed by atoms with Crippen molar-refractivity contribution in [2.24, 2.45) is 0 Å². The van der Waals surface area contributed by atoms with E-state index < -0.39 is 17.9 Å². The molecule has 0 bridgehead atoms. The van der Waals surface area contributed by atoms with Gasteiger partial charge in [-0.1, -0.05) is 204 Å². The molecule has 14 heteroatoms. The monoisotopic (exact) mass is 1380 g/mol. The molecule has 0 aliphatic carbocycles. The van der Waals surface area contributed by atoms with Crippen molar-refractivity contribution in [3.05, 3.63) is 321 Å². The molecule has 0 fully saturated rings. The van der Waals surface area contributed by atoms with Crippen molar-refractivity contribution in [2.75, 3.05) is 0 Å². The number of hydrogen-bond acceptors (Lipinski definition) is 5. The molecule has 0 aliphatic heterocycles. The largest absolute Gasteiger partial charge is 0.368 e. The number of thioether (sulfide) groups is 1. The number of ketones is 1. The maximum absolute atomic E-state index is 13.0. The van der Waals surface area contributed by atoms with Gasteiger partial charge >= 0.3 is 43.6 Å². The van der Waals surface area contributed by atoms with Gasteiger partial charge < -0.3 is 24.9 Å². The van der Waals surface area contributed by atoms with Crippen molar-refractivity contribution in [3.8, 4) is 0 Å². The van der Waals surface area contributed by atoms with Gasteiger partial charge in [0, 0.05) is 76.6 Å². The Morgan fingerprint density at radius 2 is 0.889 bits per heavy atom. The summed E-state index contributed by atoms with van der Waals surface area (Å²) in [6, 6.07) is 66.9. The Balaban J connectivity index is 0.000000191. The zero-order valence-electron chi connectivity index (χ0n) is 53.5. The summed E-state index contributed by atoms with van der Waals surface area (Å²) in [5.74, 6) is 0.249. The van der Waals surface area contributed by atoms with E-state index in [1.54, 1.807) is 6.20 Å². The number of halogens is 3. The van der Waals surface area contributed by atoms with Crippen molar-refractivity contribution in [2.45, 2.75) is 122 Å². The summed E-state index contributed by atoms with van der Waals surface area (Å²) in [4.78, 5) is 55.8. The first-order valence-electron chi connectivity index (χ1n) is 30.2. The zero-order chi connectivity index (χ0) is 65.3. The number of pyridine rings is 1. The molecule has 6 heterocycles. The van der Waals surface area contributed by atoms with Crippen molar-refractivity contribution >= 4 is 72.6 Å². The number of nitrogens with one attached hydrogen (secondary N) is 5. The van der Waals surface area contributed by atoms with Crippen LogP contribution in [0.15, 0.2) is 242 Å². The number of carbonyl (C=O) groups is 3. The maximum atomic E-state index is 13.0. The maximum Gasteiger partial charge on any atom is 0.000496 e. The van der Waals surface area contributed by atoms with Crippen LogP contribution >= 0.6 is 37.5 Å². The SMILES string of the molecule is CC(C)(C)c1ccc(C(c2ccc[nH]2)c2ccc[nH]2)cc1.CC(C)(C)c1ccc(C=O)cc1.CCc1ccc(C(=O)Sc2ccccn2)cc1.CCc1ccc(C(=O)c2ccc(C(c3ccc(C(C)(C)C)cc3)c3ccc[nH]3)[nH]2)cc1.[Cl][In]([Cl])[Cl].c1cc[nH]c1. The molecule has 0 spiro atoms. The minimum Gasteiger partial charge on any atom is -0.368 e. The van der Waals surface area contributed by atoms with Crippen LogP contribution in [0.4, 0.5) is 0 Å². The Morgan fingerprint density at radius 1 is 0.478 bits per heavy atom. The first kappa shape index (κ1) is 71.8. The predicted molar refractivity (Wildman–Crippen MR) is 379 cm³/mol. The molecule has 6 aromatic heterocycles. The molecular formula is C76H84Cl3InN6O3S. The second-order valence-electron chi connectivity index (χ2n) is 24.4. The molecule has 1 atom stereocenters. The third-order valence-electron chi connectivity index (χ3n) is 14.7. The van der Waals surface area contributed by atoms with Crippen molar-refractivity contribution < 1.29 is 14.4 Å². The predicted octanol–water partition coefficient (Wildman–Crippen LogP) is 20.5. The van der Waals surface area contributed by atoms with E-state index in [1.807, 2.05) is 152 Å². The average Bonchev–Trinajstić information content (AvgIpc) is 1.87. The van der Waals surface area contributed by atoms with Gasteiger partial charge in [-0.2, -0.15) is 0 Å². The van der Waals surface area contributed by atoms with E-state index in [-0.39, 0.29) is 39.0 Å². The Kier molecular flexibility index (Phi) is 28.2. The number of nitrogens with zero attached hydrogens (tertiary/aromatic N) is 1. The molecule has 1 unspecified atom stereocenters. The molecule has 5 N–H and O–H groups in total. The van der Waals surface area contributed by atoms with Crippen LogP contribution in [0.1, 0.15) is 186 Å². The fourth-order valence-corrected chi connectivity index (χ4v) is 10.2. The van der Waals surface area contributed by atoms with Crippen LogP contribution in [0.25, 0.3) is 0 Å². The first-order valence-corrected chi connectivity index (χ1v) is 43.5. The van der Waals surface area contributed by atoms with Crippen LogP contribution in [0.3, 0.4) is 0 Å². The Bertz CT molecular complexity index is 3720. The van der Waals surface area contributed by atoms with Gasteiger partial charge in [0.05, 0.1) is 17.5 Å². The first-order chi connectivity index (χ1) is 43.0. The second kappa shape index (κ2) is 35.4. The van der Waals surface area contributed by atoms with Gasteiger partial charge in [0.2, 0.25) is 10.9 Å². The normalized spacial score (nSPS) is 11.3.